The number of carbonyl (C=O) groups excluding carboxylic acids is 2. The largest absolute Gasteiger partial charge is 0.347 e. The molecule has 0 atom stereocenters. The van der Waals surface area contributed by atoms with Crippen molar-refractivity contribution >= 4 is 40.7 Å². The van der Waals surface area contributed by atoms with Crippen molar-refractivity contribution in [1.82, 2.24) is 10.2 Å². The molecule has 5 nitrogen and oxygen atoms in total. The Bertz CT molecular complexity index is 948. The summed E-state index contributed by atoms with van der Waals surface area (Å²) >= 11 is 12.3. The third kappa shape index (κ3) is 6.70. The summed E-state index contributed by atoms with van der Waals surface area (Å²) in [6.45, 7) is 8.14. The second kappa shape index (κ2) is 10.0. The molecule has 7 heteroatoms. The molecule has 2 aromatic rings. The monoisotopic (exact) mass is 461 g/mol. The first-order valence-corrected chi connectivity index (χ1v) is 11.3. The van der Waals surface area contributed by atoms with E-state index in [-0.39, 0.29) is 23.3 Å². The number of anilines is 1. The molecule has 3 rings (SSSR count). The zero-order valence-corrected chi connectivity index (χ0v) is 19.7. The fourth-order valence-electron chi connectivity index (χ4n) is 3.68. The number of nitrogens with one attached hydrogen (secondary N) is 2. The van der Waals surface area contributed by atoms with E-state index < -0.39 is 0 Å². The molecule has 0 aliphatic carbocycles. The van der Waals surface area contributed by atoms with Gasteiger partial charge in [0, 0.05) is 28.0 Å². The first kappa shape index (κ1) is 23.6. The lowest BCUT2D eigenvalue weighted by Gasteiger charge is -2.31. The average Bonchev–Trinajstić information content (AvgIpc) is 2.69. The number of para-hydroxylation sites is 1. The first-order chi connectivity index (χ1) is 14.6. The number of benzene rings is 2. The second-order valence-electron chi connectivity index (χ2n) is 9.03. The highest BCUT2D eigenvalue weighted by atomic mass is 35.5. The molecular formula is C24H29Cl2N3O2. The minimum atomic E-state index is -0.353. The SMILES string of the molecule is CC(C)(C)NC(=O)c1ccccc1NC(=O)C1CCN(Cc2ccc(Cl)cc2Cl)CC1. The van der Waals surface area contributed by atoms with Crippen molar-refractivity contribution in [1.29, 1.82) is 0 Å². The van der Waals surface area contributed by atoms with Crippen molar-refractivity contribution in [3.63, 3.8) is 0 Å². The Balaban J connectivity index is 1.58. The third-order valence-electron chi connectivity index (χ3n) is 5.29. The van der Waals surface area contributed by atoms with Crippen LogP contribution in [0.3, 0.4) is 0 Å². The molecule has 2 aromatic carbocycles. The van der Waals surface area contributed by atoms with Crippen LogP contribution in [0.4, 0.5) is 5.69 Å². The van der Waals surface area contributed by atoms with Crippen molar-refractivity contribution in [3.05, 3.63) is 63.6 Å². The average molecular weight is 462 g/mol. The van der Waals surface area contributed by atoms with E-state index in [1.807, 2.05) is 39.0 Å². The molecule has 2 N–H and O–H groups in total. The van der Waals surface area contributed by atoms with Gasteiger partial charge < -0.3 is 10.6 Å². The number of halogens is 2. The summed E-state index contributed by atoms with van der Waals surface area (Å²) in [5.41, 5.74) is 1.70. The number of hydrogen-bond donors (Lipinski definition) is 2. The Kier molecular flexibility index (Phi) is 7.63. The van der Waals surface area contributed by atoms with Crippen molar-refractivity contribution in [2.24, 2.45) is 5.92 Å². The molecule has 0 radical (unpaired) electrons. The predicted molar refractivity (Wildman–Crippen MR) is 127 cm³/mol. The first-order valence-electron chi connectivity index (χ1n) is 10.5. The Labute approximate surface area is 194 Å². The van der Waals surface area contributed by atoms with Gasteiger partial charge >= 0.3 is 0 Å². The number of likely N-dealkylation sites (tertiary alicyclic amines) is 1. The zero-order valence-electron chi connectivity index (χ0n) is 18.2. The number of amides is 2. The maximum absolute atomic E-state index is 12.9. The van der Waals surface area contributed by atoms with Crippen LogP contribution in [0.25, 0.3) is 0 Å². The van der Waals surface area contributed by atoms with E-state index in [1.165, 1.54) is 0 Å². The molecule has 31 heavy (non-hydrogen) atoms. The van der Waals surface area contributed by atoms with Crippen molar-refractivity contribution in [2.45, 2.75) is 45.7 Å². The molecule has 1 heterocycles. The van der Waals surface area contributed by atoms with Gasteiger partial charge in [0.05, 0.1) is 11.3 Å². The summed E-state index contributed by atoms with van der Waals surface area (Å²) in [5, 5.41) is 7.21. The second-order valence-corrected chi connectivity index (χ2v) is 9.87. The molecular weight excluding hydrogens is 433 g/mol. The Morgan fingerprint density at radius 2 is 1.74 bits per heavy atom. The molecule has 166 valence electrons. The molecule has 0 aromatic heterocycles. The fraction of sp³-hybridized carbons (Fsp3) is 0.417. The van der Waals surface area contributed by atoms with Crippen molar-refractivity contribution in [3.8, 4) is 0 Å². The molecule has 0 bridgehead atoms. The van der Waals surface area contributed by atoms with E-state index in [0.717, 1.165) is 38.0 Å². The quantitative estimate of drug-likeness (QED) is 0.628. The Morgan fingerprint density at radius 3 is 2.39 bits per heavy atom. The lowest BCUT2D eigenvalue weighted by atomic mass is 9.95. The molecule has 0 spiro atoms. The van der Waals surface area contributed by atoms with Crippen LogP contribution < -0.4 is 10.6 Å². The third-order valence-corrected chi connectivity index (χ3v) is 5.87. The molecule has 1 aliphatic rings. The number of hydrogen-bond acceptors (Lipinski definition) is 3. The normalized spacial score (nSPS) is 15.5. The zero-order chi connectivity index (χ0) is 22.6. The highest BCUT2D eigenvalue weighted by Gasteiger charge is 2.26. The number of piperidine rings is 1. The molecule has 2 amide bonds. The highest BCUT2D eigenvalue weighted by molar-refractivity contribution is 6.35. The summed E-state index contributed by atoms with van der Waals surface area (Å²) in [7, 11) is 0. The van der Waals surface area contributed by atoms with Crippen molar-refractivity contribution < 1.29 is 9.59 Å². The van der Waals surface area contributed by atoms with Gasteiger partial charge in [-0.2, -0.15) is 0 Å². The smallest absolute Gasteiger partial charge is 0.253 e. The van der Waals surface area contributed by atoms with Crippen LogP contribution in [-0.4, -0.2) is 35.3 Å². The minimum Gasteiger partial charge on any atom is -0.347 e. The van der Waals surface area contributed by atoms with Gasteiger partial charge in [0.25, 0.3) is 5.91 Å². The lowest BCUT2D eigenvalue weighted by Crippen LogP contribution is -2.41. The summed E-state index contributed by atoms with van der Waals surface area (Å²) in [6, 6.07) is 12.7. The number of nitrogens with zero attached hydrogens (tertiary/aromatic N) is 1. The van der Waals surface area contributed by atoms with Gasteiger partial charge in [-0.25, -0.2) is 0 Å². The Morgan fingerprint density at radius 1 is 1.06 bits per heavy atom. The molecule has 0 saturated carbocycles. The molecule has 1 aliphatic heterocycles. The highest BCUT2D eigenvalue weighted by Crippen LogP contribution is 2.26. The standard InChI is InChI=1S/C24H29Cl2N3O2/c1-24(2,3)28-23(31)19-6-4-5-7-21(19)27-22(30)16-10-12-29(13-11-16)15-17-8-9-18(25)14-20(17)26/h4-9,14,16H,10-13,15H2,1-3H3,(H,27,30)(H,28,31). The maximum atomic E-state index is 12.9. The lowest BCUT2D eigenvalue weighted by molar-refractivity contribution is -0.121. The summed E-state index contributed by atoms with van der Waals surface area (Å²) in [6.07, 6.45) is 1.51. The van der Waals surface area contributed by atoms with Gasteiger partial charge in [-0.1, -0.05) is 41.4 Å². The van der Waals surface area contributed by atoms with Gasteiger partial charge in [0.1, 0.15) is 0 Å². The van der Waals surface area contributed by atoms with Crippen LogP contribution in [-0.2, 0) is 11.3 Å². The minimum absolute atomic E-state index is 0.0415. The van der Waals surface area contributed by atoms with Gasteiger partial charge in [-0.3, -0.25) is 14.5 Å². The molecule has 0 unspecified atom stereocenters. The van der Waals surface area contributed by atoms with E-state index in [9.17, 15) is 9.59 Å². The molecule has 1 saturated heterocycles. The van der Waals surface area contributed by atoms with E-state index >= 15 is 0 Å². The van der Waals surface area contributed by atoms with E-state index in [0.29, 0.717) is 21.3 Å². The van der Waals surface area contributed by atoms with Gasteiger partial charge in [0.15, 0.2) is 0 Å². The predicted octanol–water partition coefficient (Wildman–Crippen LogP) is 5.37. The Hall–Kier alpha value is -2.08. The number of rotatable bonds is 5. The summed E-state index contributed by atoms with van der Waals surface area (Å²) in [5.74, 6) is -0.325. The fourth-order valence-corrected chi connectivity index (χ4v) is 4.15. The van der Waals surface area contributed by atoms with Gasteiger partial charge in [-0.05, 0) is 76.5 Å². The van der Waals surface area contributed by atoms with Crippen LogP contribution in [0.1, 0.15) is 49.5 Å². The summed E-state index contributed by atoms with van der Waals surface area (Å²) < 4.78 is 0. The van der Waals surface area contributed by atoms with Crippen LogP contribution >= 0.6 is 23.2 Å². The number of carbonyl (C=O) groups is 2. The van der Waals surface area contributed by atoms with Crippen molar-refractivity contribution in [2.75, 3.05) is 18.4 Å². The van der Waals surface area contributed by atoms with Crippen LogP contribution in [0.2, 0.25) is 10.0 Å². The van der Waals surface area contributed by atoms with E-state index in [4.69, 9.17) is 23.2 Å². The van der Waals surface area contributed by atoms with Crippen LogP contribution in [0, 0.1) is 5.92 Å². The maximum Gasteiger partial charge on any atom is 0.253 e. The summed E-state index contributed by atoms with van der Waals surface area (Å²) in [4.78, 5) is 27.8. The molecule has 1 fully saturated rings. The van der Waals surface area contributed by atoms with Crippen LogP contribution in [0.15, 0.2) is 42.5 Å². The topological polar surface area (TPSA) is 61.4 Å². The van der Waals surface area contributed by atoms with Gasteiger partial charge in [0.2, 0.25) is 5.91 Å². The van der Waals surface area contributed by atoms with E-state index in [2.05, 4.69) is 15.5 Å². The van der Waals surface area contributed by atoms with E-state index in [1.54, 1.807) is 24.3 Å². The van der Waals surface area contributed by atoms with Gasteiger partial charge in [-0.15, -0.1) is 0 Å². The van der Waals surface area contributed by atoms with Crippen LogP contribution in [0.5, 0.6) is 0 Å².